The fraction of sp³-hybridized carbons (Fsp3) is 0.429. The maximum atomic E-state index is 11.0. The van der Waals surface area contributed by atoms with Gasteiger partial charge in [-0.3, -0.25) is 9.48 Å². The van der Waals surface area contributed by atoms with Gasteiger partial charge in [0.25, 0.3) is 0 Å². The highest BCUT2D eigenvalue weighted by Gasteiger charge is 2.30. The Balaban J connectivity index is 1.94. The monoisotopic (exact) mass is 259 g/mol. The second-order valence-corrected chi connectivity index (χ2v) is 5.22. The van der Waals surface area contributed by atoms with E-state index >= 15 is 0 Å². The normalized spacial score (nSPS) is 23.1. The minimum absolute atomic E-state index is 0.126. The molecule has 3 rings (SSSR count). The molecule has 2 atom stereocenters. The molecule has 19 heavy (non-hydrogen) atoms. The molecular formula is C14H17N3O2. The molecule has 2 heterocycles. The van der Waals surface area contributed by atoms with Crippen LogP contribution in [-0.4, -0.2) is 27.4 Å². The molecule has 1 fully saturated rings. The Morgan fingerprint density at radius 1 is 1.53 bits per heavy atom. The maximum Gasteiger partial charge on any atom is 0.307 e. The minimum Gasteiger partial charge on any atom is -0.481 e. The molecule has 1 aromatic heterocycles. The molecule has 5 heteroatoms. The molecule has 0 amide bonds. The number of hydrogen-bond acceptors (Lipinski definition) is 3. The van der Waals surface area contributed by atoms with Crippen molar-refractivity contribution in [1.82, 2.24) is 15.1 Å². The Labute approximate surface area is 111 Å². The number of fused-ring (bicyclic) bond motifs is 1. The lowest BCUT2D eigenvalue weighted by molar-refractivity contribution is -0.141. The third kappa shape index (κ3) is 2.00. The van der Waals surface area contributed by atoms with Crippen LogP contribution in [0.4, 0.5) is 0 Å². The van der Waals surface area contributed by atoms with Crippen LogP contribution in [0, 0.1) is 12.8 Å². The van der Waals surface area contributed by atoms with Gasteiger partial charge in [0.05, 0.1) is 17.1 Å². The zero-order valence-corrected chi connectivity index (χ0v) is 11.1. The first-order chi connectivity index (χ1) is 9.06. The second kappa shape index (κ2) is 4.35. The summed E-state index contributed by atoms with van der Waals surface area (Å²) < 4.78 is 1.87. The fourth-order valence-electron chi connectivity index (χ4n) is 2.85. The van der Waals surface area contributed by atoms with Crippen molar-refractivity contribution >= 4 is 16.9 Å². The van der Waals surface area contributed by atoms with Gasteiger partial charge in [0.2, 0.25) is 0 Å². The summed E-state index contributed by atoms with van der Waals surface area (Å²) >= 11 is 0. The Hall–Kier alpha value is -1.88. The van der Waals surface area contributed by atoms with E-state index in [0.717, 1.165) is 22.2 Å². The molecule has 5 nitrogen and oxygen atoms in total. The molecule has 0 spiro atoms. The van der Waals surface area contributed by atoms with Crippen molar-refractivity contribution < 1.29 is 9.90 Å². The van der Waals surface area contributed by atoms with Crippen LogP contribution in [0.1, 0.15) is 23.7 Å². The number of nitrogens with one attached hydrogen (secondary N) is 1. The predicted octanol–water partition coefficient (Wildman–Crippen LogP) is 1.62. The predicted molar refractivity (Wildman–Crippen MR) is 71.9 cm³/mol. The van der Waals surface area contributed by atoms with E-state index in [2.05, 4.69) is 28.6 Å². The molecule has 1 aromatic carbocycles. The van der Waals surface area contributed by atoms with Gasteiger partial charge in [0.15, 0.2) is 0 Å². The van der Waals surface area contributed by atoms with Crippen molar-refractivity contribution in [2.75, 3.05) is 6.54 Å². The zero-order valence-electron chi connectivity index (χ0n) is 11.1. The topological polar surface area (TPSA) is 67.2 Å². The van der Waals surface area contributed by atoms with Crippen molar-refractivity contribution in [2.24, 2.45) is 13.0 Å². The summed E-state index contributed by atoms with van der Waals surface area (Å²) in [7, 11) is 1.93. The summed E-state index contributed by atoms with van der Waals surface area (Å²) in [5.41, 5.74) is 3.25. The van der Waals surface area contributed by atoms with Crippen molar-refractivity contribution in [3.8, 4) is 0 Å². The van der Waals surface area contributed by atoms with E-state index < -0.39 is 5.97 Å². The number of aliphatic carboxylic acids is 1. The quantitative estimate of drug-likeness (QED) is 0.860. The lowest BCUT2D eigenvalue weighted by Gasteiger charge is -2.11. The van der Waals surface area contributed by atoms with Gasteiger partial charge in [-0.25, -0.2) is 0 Å². The van der Waals surface area contributed by atoms with Crippen molar-refractivity contribution in [3.05, 3.63) is 29.5 Å². The molecule has 0 bridgehead atoms. The van der Waals surface area contributed by atoms with E-state index in [9.17, 15) is 4.79 Å². The van der Waals surface area contributed by atoms with Crippen LogP contribution < -0.4 is 5.32 Å². The molecule has 100 valence electrons. The average molecular weight is 259 g/mol. The van der Waals surface area contributed by atoms with Gasteiger partial charge in [-0.05, 0) is 25.0 Å². The van der Waals surface area contributed by atoms with Crippen molar-refractivity contribution in [2.45, 2.75) is 19.4 Å². The molecule has 1 saturated heterocycles. The van der Waals surface area contributed by atoms with Crippen molar-refractivity contribution in [1.29, 1.82) is 0 Å². The van der Waals surface area contributed by atoms with E-state index in [1.165, 1.54) is 0 Å². The van der Waals surface area contributed by atoms with Crippen molar-refractivity contribution in [3.63, 3.8) is 0 Å². The van der Waals surface area contributed by atoms with Crippen LogP contribution >= 0.6 is 0 Å². The lowest BCUT2D eigenvalue weighted by atomic mass is 9.99. The van der Waals surface area contributed by atoms with E-state index in [1.54, 1.807) is 0 Å². The van der Waals surface area contributed by atoms with Gasteiger partial charge in [0.1, 0.15) is 0 Å². The highest BCUT2D eigenvalue weighted by atomic mass is 16.4. The number of nitrogens with zero attached hydrogens (tertiary/aromatic N) is 2. The van der Waals surface area contributed by atoms with Crippen LogP contribution in [0.2, 0.25) is 0 Å². The van der Waals surface area contributed by atoms with Gasteiger partial charge in [-0.2, -0.15) is 5.10 Å². The number of carbonyl (C=O) groups is 1. The maximum absolute atomic E-state index is 11.0. The van der Waals surface area contributed by atoms with Gasteiger partial charge in [-0.1, -0.05) is 12.1 Å². The number of benzene rings is 1. The standard InChI is InChI=1S/C14H17N3O2/c1-8-11-4-3-9(6-13(11)17(2)16-8)12-5-10(7-15-12)14(18)19/h3-4,6,10,12,15H,5,7H2,1-2H3,(H,18,19). The summed E-state index contributed by atoms with van der Waals surface area (Å²) in [6, 6.07) is 6.37. The molecule has 0 radical (unpaired) electrons. The lowest BCUT2D eigenvalue weighted by Crippen LogP contribution is -2.17. The molecule has 2 N–H and O–H groups in total. The molecule has 0 saturated carbocycles. The Morgan fingerprint density at radius 3 is 3.00 bits per heavy atom. The second-order valence-electron chi connectivity index (χ2n) is 5.22. The zero-order chi connectivity index (χ0) is 13.6. The summed E-state index contributed by atoms with van der Waals surface area (Å²) in [6.07, 6.45) is 0.650. The largest absolute Gasteiger partial charge is 0.481 e. The van der Waals surface area contributed by atoms with Crippen LogP contribution in [0.5, 0.6) is 0 Å². The summed E-state index contributed by atoms with van der Waals surface area (Å²) in [5.74, 6) is -0.999. The first-order valence-corrected chi connectivity index (χ1v) is 6.45. The van der Waals surface area contributed by atoms with Crippen LogP contribution in [0.15, 0.2) is 18.2 Å². The highest BCUT2D eigenvalue weighted by molar-refractivity contribution is 5.82. The molecule has 0 aliphatic carbocycles. The fourth-order valence-corrected chi connectivity index (χ4v) is 2.85. The summed E-state index contributed by atoms with van der Waals surface area (Å²) in [4.78, 5) is 11.0. The Bertz CT molecular complexity index is 647. The minimum atomic E-state index is -0.715. The summed E-state index contributed by atoms with van der Waals surface area (Å²) in [5, 5.41) is 17.9. The number of aromatic nitrogens is 2. The first kappa shape index (κ1) is 12.2. The van der Waals surface area contributed by atoms with E-state index in [1.807, 2.05) is 18.7 Å². The smallest absolute Gasteiger partial charge is 0.307 e. The Kier molecular flexibility index (Phi) is 2.78. The highest BCUT2D eigenvalue weighted by Crippen LogP contribution is 2.29. The van der Waals surface area contributed by atoms with E-state index in [-0.39, 0.29) is 12.0 Å². The molecule has 2 unspecified atom stereocenters. The number of rotatable bonds is 2. The van der Waals surface area contributed by atoms with E-state index in [0.29, 0.717) is 13.0 Å². The average Bonchev–Trinajstić information content (AvgIpc) is 2.96. The van der Waals surface area contributed by atoms with Gasteiger partial charge >= 0.3 is 5.97 Å². The third-order valence-electron chi connectivity index (χ3n) is 3.94. The Morgan fingerprint density at radius 2 is 2.32 bits per heavy atom. The van der Waals surface area contributed by atoms with E-state index in [4.69, 9.17) is 5.11 Å². The molecule has 1 aliphatic heterocycles. The first-order valence-electron chi connectivity index (χ1n) is 6.45. The van der Waals surface area contributed by atoms with Crippen LogP contribution in [0.25, 0.3) is 10.9 Å². The number of carboxylic acids is 1. The van der Waals surface area contributed by atoms with Gasteiger partial charge in [-0.15, -0.1) is 0 Å². The molecule has 2 aromatic rings. The van der Waals surface area contributed by atoms with Gasteiger partial charge < -0.3 is 10.4 Å². The number of hydrogen-bond donors (Lipinski definition) is 2. The number of aryl methyl sites for hydroxylation is 2. The molecule has 1 aliphatic rings. The summed E-state index contributed by atoms with van der Waals surface area (Å²) in [6.45, 7) is 2.54. The molecular weight excluding hydrogens is 242 g/mol. The van der Waals surface area contributed by atoms with Crippen LogP contribution in [-0.2, 0) is 11.8 Å². The third-order valence-corrected chi connectivity index (χ3v) is 3.94. The SMILES string of the molecule is Cc1nn(C)c2cc(C3CC(C(=O)O)CN3)ccc12. The van der Waals surface area contributed by atoms with Crippen LogP contribution in [0.3, 0.4) is 0 Å². The number of carboxylic acid groups (broad SMARTS) is 1. The van der Waals surface area contributed by atoms with Gasteiger partial charge in [0, 0.05) is 25.0 Å².